The Kier molecular flexibility index (Phi) is 3.22. The highest BCUT2D eigenvalue weighted by Gasteiger charge is 2.23. The monoisotopic (exact) mass is 274 g/mol. The summed E-state index contributed by atoms with van der Waals surface area (Å²) in [6.07, 6.45) is 1.81. The van der Waals surface area contributed by atoms with E-state index in [1.807, 2.05) is 12.1 Å². The molecule has 0 unspecified atom stereocenters. The van der Waals surface area contributed by atoms with Crippen molar-refractivity contribution in [3.05, 3.63) is 18.2 Å². The van der Waals surface area contributed by atoms with Gasteiger partial charge in [0, 0.05) is 37.8 Å². The first kappa shape index (κ1) is 12.8. The number of rotatable bonds is 2. The molecular formula is C14H18N4O2. The third kappa shape index (κ3) is 2.54. The van der Waals surface area contributed by atoms with Crippen LogP contribution in [0.1, 0.15) is 19.8 Å². The third-order valence-electron chi connectivity index (χ3n) is 3.57. The predicted molar refractivity (Wildman–Crippen MR) is 77.5 cm³/mol. The van der Waals surface area contributed by atoms with Crippen LogP contribution >= 0.6 is 0 Å². The van der Waals surface area contributed by atoms with Crippen LogP contribution in [-0.4, -0.2) is 30.0 Å². The van der Waals surface area contributed by atoms with Gasteiger partial charge < -0.3 is 20.4 Å². The van der Waals surface area contributed by atoms with Gasteiger partial charge in [0.15, 0.2) is 5.58 Å². The van der Waals surface area contributed by atoms with Gasteiger partial charge >= 0.3 is 0 Å². The normalized spacial score (nSPS) is 16.6. The molecule has 106 valence electrons. The lowest BCUT2D eigenvalue weighted by Crippen LogP contribution is -2.44. The second-order valence-corrected chi connectivity index (χ2v) is 5.19. The maximum Gasteiger partial charge on any atom is 0.298 e. The van der Waals surface area contributed by atoms with Crippen molar-refractivity contribution in [3.8, 4) is 0 Å². The molecule has 2 aromatic rings. The molecule has 0 radical (unpaired) electrons. The van der Waals surface area contributed by atoms with E-state index in [4.69, 9.17) is 10.2 Å². The third-order valence-corrected chi connectivity index (χ3v) is 3.57. The molecule has 1 aromatic heterocycles. The van der Waals surface area contributed by atoms with Crippen molar-refractivity contribution in [2.45, 2.75) is 25.8 Å². The number of amides is 1. The van der Waals surface area contributed by atoms with E-state index in [-0.39, 0.29) is 11.9 Å². The fraction of sp³-hybridized carbons (Fsp3) is 0.429. The minimum Gasteiger partial charge on any atom is -0.423 e. The Balaban J connectivity index is 1.71. The summed E-state index contributed by atoms with van der Waals surface area (Å²) < 4.78 is 5.75. The SMILES string of the molecule is CC(=O)NC1CCN(c2nc3ccc(N)cc3o2)CC1. The summed E-state index contributed by atoms with van der Waals surface area (Å²) >= 11 is 0. The van der Waals surface area contributed by atoms with E-state index in [2.05, 4.69) is 15.2 Å². The molecule has 1 aliphatic rings. The highest BCUT2D eigenvalue weighted by molar-refractivity contribution is 5.78. The number of piperidine rings is 1. The van der Waals surface area contributed by atoms with E-state index in [0.717, 1.165) is 31.4 Å². The van der Waals surface area contributed by atoms with Gasteiger partial charge in [0.25, 0.3) is 6.01 Å². The molecule has 6 nitrogen and oxygen atoms in total. The fourth-order valence-electron chi connectivity index (χ4n) is 2.57. The summed E-state index contributed by atoms with van der Waals surface area (Å²) in [4.78, 5) is 17.6. The Morgan fingerprint density at radius 1 is 1.45 bits per heavy atom. The van der Waals surface area contributed by atoms with Crippen molar-refractivity contribution in [3.63, 3.8) is 0 Å². The molecule has 6 heteroatoms. The van der Waals surface area contributed by atoms with Gasteiger partial charge in [-0.1, -0.05) is 0 Å². The molecule has 1 saturated heterocycles. The number of carbonyl (C=O) groups is 1. The van der Waals surface area contributed by atoms with Gasteiger partial charge in [0.05, 0.1) is 0 Å². The topological polar surface area (TPSA) is 84.4 Å². The van der Waals surface area contributed by atoms with Crippen molar-refractivity contribution in [2.75, 3.05) is 23.7 Å². The minimum absolute atomic E-state index is 0.0285. The number of nitrogens with one attached hydrogen (secondary N) is 1. The quantitative estimate of drug-likeness (QED) is 0.811. The lowest BCUT2D eigenvalue weighted by molar-refractivity contribution is -0.119. The molecule has 0 saturated carbocycles. The van der Waals surface area contributed by atoms with Crippen LogP contribution in [-0.2, 0) is 4.79 Å². The molecule has 1 fully saturated rings. The van der Waals surface area contributed by atoms with Crippen LogP contribution in [0, 0.1) is 0 Å². The number of nitrogens with two attached hydrogens (primary N) is 1. The van der Waals surface area contributed by atoms with Crippen LogP contribution in [0.4, 0.5) is 11.7 Å². The summed E-state index contributed by atoms with van der Waals surface area (Å²) in [7, 11) is 0. The van der Waals surface area contributed by atoms with E-state index in [1.165, 1.54) is 0 Å². The smallest absolute Gasteiger partial charge is 0.298 e. The highest BCUT2D eigenvalue weighted by Crippen LogP contribution is 2.25. The van der Waals surface area contributed by atoms with Crippen LogP contribution in [0.25, 0.3) is 11.1 Å². The first-order valence-electron chi connectivity index (χ1n) is 6.80. The number of fused-ring (bicyclic) bond motifs is 1. The molecule has 1 amide bonds. The zero-order chi connectivity index (χ0) is 14.1. The second-order valence-electron chi connectivity index (χ2n) is 5.19. The summed E-state index contributed by atoms with van der Waals surface area (Å²) in [6, 6.07) is 6.35. The fourth-order valence-corrected chi connectivity index (χ4v) is 2.57. The van der Waals surface area contributed by atoms with Crippen LogP contribution in [0.15, 0.2) is 22.6 Å². The van der Waals surface area contributed by atoms with Crippen LogP contribution in [0.5, 0.6) is 0 Å². The van der Waals surface area contributed by atoms with Gasteiger partial charge in [-0.25, -0.2) is 0 Å². The molecule has 0 bridgehead atoms. The lowest BCUT2D eigenvalue weighted by atomic mass is 10.1. The van der Waals surface area contributed by atoms with E-state index < -0.39 is 0 Å². The van der Waals surface area contributed by atoms with Gasteiger partial charge in [-0.15, -0.1) is 0 Å². The van der Waals surface area contributed by atoms with Gasteiger partial charge in [-0.05, 0) is 25.0 Å². The van der Waals surface area contributed by atoms with E-state index in [1.54, 1.807) is 13.0 Å². The molecule has 0 atom stereocenters. The number of oxazole rings is 1. The standard InChI is InChI=1S/C14H18N4O2/c1-9(19)16-11-4-6-18(7-5-11)14-17-12-3-2-10(15)8-13(12)20-14/h2-3,8,11H,4-7,15H2,1H3,(H,16,19). The maximum atomic E-state index is 11.0. The summed E-state index contributed by atoms with van der Waals surface area (Å²) in [5.41, 5.74) is 7.94. The van der Waals surface area contributed by atoms with Crippen LogP contribution in [0.3, 0.4) is 0 Å². The van der Waals surface area contributed by atoms with Gasteiger partial charge in [-0.3, -0.25) is 4.79 Å². The average Bonchev–Trinajstić information content (AvgIpc) is 2.81. The van der Waals surface area contributed by atoms with Crippen molar-refractivity contribution in [2.24, 2.45) is 0 Å². The lowest BCUT2D eigenvalue weighted by Gasteiger charge is -2.30. The number of aromatic nitrogens is 1. The molecule has 0 spiro atoms. The number of nitrogen functional groups attached to an aromatic ring is 1. The van der Waals surface area contributed by atoms with Crippen LogP contribution in [0.2, 0.25) is 0 Å². The van der Waals surface area contributed by atoms with E-state index in [0.29, 0.717) is 17.3 Å². The zero-order valence-corrected chi connectivity index (χ0v) is 11.4. The Morgan fingerprint density at radius 2 is 2.20 bits per heavy atom. The second kappa shape index (κ2) is 5.03. The zero-order valence-electron chi connectivity index (χ0n) is 11.4. The number of nitrogens with zero attached hydrogens (tertiary/aromatic N) is 2. The number of anilines is 2. The summed E-state index contributed by atoms with van der Waals surface area (Å²) in [6.45, 7) is 3.21. The van der Waals surface area contributed by atoms with E-state index >= 15 is 0 Å². The summed E-state index contributed by atoms with van der Waals surface area (Å²) in [5.74, 6) is 0.0285. The average molecular weight is 274 g/mol. The molecule has 1 aliphatic heterocycles. The van der Waals surface area contributed by atoms with Crippen molar-refractivity contribution in [1.82, 2.24) is 10.3 Å². The number of hydrogen-bond donors (Lipinski definition) is 2. The summed E-state index contributed by atoms with van der Waals surface area (Å²) in [5, 5.41) is 2.95. The molecule has 20 heavy (non-hydrogen) atoms. The van der Waals surface area contributed by atoms with Crippen molar-refractivity contribution in [1.29, 1.82) is 0 Å². The largest absolute Gasteiger partial charge is 0.423 e. The molecule has 3 rings (SSSR count). The number of carbonyl (C=O) groups excluding carboxylic acids is 1. The van der Waals surface area contributed by atoms with Gasteiger partial charge in [-0.2, -0.15) is 4.98 Å². The predicted octanol–water partition coefficient (Wildman–Crippen LogP) is 1.51. The highest BCUT2D eigenvalue weighted by atomic mass is 16.4. The van der Waals surface area contributed by atoms with Crippen LogP contribution < -0.4 is 16.0 Å². The first-order valence-corrected chi connectivity index (χ1v) is 6.80. The molecule has 0 aliphatic carbocycles. The minimum atomic E-state index is 0.0285. The Hall–Kier alpha value is -2.24. The van der Waals surface area contributed by atoms with E-state index in [9.17, 15) is 4.79 Å². The van der Waals surface area contributed by atoms with Gasteiger partial charge in [0.1, 0.15) is 5.52 Å². The van der Waals surface area contributed by atoms with Crippen molar-refractivity contribution >= 4 is 28.7 Å². The first-order chi connectivity index (χ1) is 9.61. The molecule has 1 aromatic carbocycles. The Morgan fingerprint density at radius 3 is 2.90 bits per heavy atom. The number of benzene rings is 1. The Bertz CT molecular complexity index is 629. The Labute approximate surface area is 116 Å². The number of hydrogen-bond acceptors (Lipinski definition) is 5. The molecule has 3 N–H and O–H groups in total. The van der Waals surface area contributed by atoms with Gasteiger partial charge in [0.2, 0.25) is 5.91 Å². The molecular weight excluding hydrogens is 256 g/mol. The maximum absolute atomic E-state index is 11.0. The van der Waals surface area contributed by atoms with Crippen molar-refractivity contribution < 1.29 is 9.21 Å². The molecule has 2 heterocycles.